The van der Waals surface area contributed by atoms with Crippen molar-refractivity contribution >= 4 is 38.7 Å². The lowest BCUT2D eigenvalue weighted by molar-refractivity contribution is 0.0964. The molecule has 5 aromatic rings. The number of carbonyl (C=O) groups is 1. The van der Waals surface area contributed by atoms with Gasteiger partial charge in [0.05, 0.1) is 17.5 Å². The summed E-state index contributed by atoms with van der Waals surface area (Å²) in [6.07, 6.45) is 2.79. The molecule has 0 bridgehead atoms. The topological polar surface area (TPSA) is 92.8 Å². The maximum Gasteiger partial charge on any atom is 0.255 e. The first kappa shape index (κ1) is 29.3. The fourth-order valence-electron chi connectivity index (χ4n) is 5.38. The van der Waals surface area contributed by atoms with Gasteiger partial charge in [0.25, 0.3) is 5.91 Å². The number of benzene rings is 3. The molecule has 1 N–H and O–H groups in total. The zero-order valence-electron chi connectivity index (χ0n) is 24.2. The van der Waals surface area contributed by atoms with Crippen molar-refractivity contribution < 1.29 is 35.2 Å². The smallest absolute Gasteiger partial charge is 0.255 e. The lowest BCUT2D eigenvalue weighted by Gasteiger charge is -2.21. The molecule has 0 saturated heterocycles. The number of amides is 1. The summed E-state index contributed by atoms with van der Waals surface area (Å²) < 4.78 is 81.8. The number of nitrogens with zero attached hydrogens (tertiary/aromatic N) is 1. The van der Waals surface area contributed by atoms with Crippen molar-refractivity contribution in [3.8, 4) is 33.8 Å². The van der Waals surface area contributed by atoms with Crippen molar-refractivity contribution in [3.63, 3.8) is 0 Å². The molecule has 1 aliphatic carbocycles. The van der Waals surface area contributed by atoms with Crippen LogP contribution in [0.2, 0.25) is 0 Å². The third-order valence-electron chi connectivity index (χ3n) is 7.79. The van der Waals surface area contributed by atoms with Gasteiger partial charge in [0.2, 0.25) is 10.0 Å². The first-order chi connectivity index (χ1) is 20.8. The number of sulfonamides is 1. The average molecular weight is 621 g/mol. The number of hydrogen-bond donors (Lipinski definition) is 1. The molecule has 0 radical (unpaired) electrons. The summed E-state index contributed by atoms with van der Waals surface area (Å²) in [5, 5.41) is 2.92. The van der Waals surface area contributed by atoms with Crippen LogP contribution in [-0.2, 0) is 16.4 Å². The highest BCUT2D eigenvalue weighted by molar-refractivity contribution is 7.92. The Balaban J connectivity index is 1.59. The van der Waals surface area contributed by atoms with E-state index in [2.05, 4.69) is 5.32 Å². The van der Waals surface area contributed by atoms with Crippen LogP contribution in [-0.4, -0.2) is 34.7 Å². The highest BCUT2D eigenvalue weighted by atomic mass is 32.2. The zero-order valence-corrected chi connectivity index (χ0v) is 25.0. The first-order valence-corrected chi connectivity index (χ1v) is 15.5. The number of fused-ring (bicyclic) bond motifs is 2. The Bertz CT molecular complexity index is 2100. The molecule has 11 heteroatoms. The summed E-state index contributed by atoms with van der Waals surface area (Å²) in [6, 6.07) is 14.2. The third-order valence-corrected chi connectivity index (χ3v) is 8.99. The Labute approximate surface area is 251 Å². The minimum Gasteiger partial charge on any atom is -0.460 e. The van der Waals surface area contributed by atoms with Gasteiger partial charge in [-0.05, 0) is 66.2 Å². The number of hydrogen-bond acceptors (Lipinski definition) is 5. The van der Waals surface area contributed by atoms with Gasteiger partial charge in [0, 0.05) is 60.1 Å². The largest absolute Gasteiger partial charge is 0.460 e. The quantitative estimate of drug-likeness (QED) is 0.212. The van der Waals surface area contributed by atoms with E-state index in [1.807, 2.05) is 0 Å². The molecule has 7 nitrogen and oxygen atoms in total. The first-order valence-electron chi connectivity index (χ1n) is 13.7. The van der Waals surface area contributed by atoms with Crippen LogP contribution in [0.4, 0.5) is 18.9 Å². The fourth-order valence-corrected chi connectivity index (χ4v) is 5.89. The minimum atomic E-state index is -3.80. The van der Waals surface area contributed by atoms with E-state index in [1.165, 1.54) is 62.6 Å². The molecule has 0 fully saturated rings. The Hall–Kier alpha value is -4.77. The van der Waals surface area contributed by atoms with Crippen LogP contribution in [0.3, 0.4) is 0 Å². The molecule has 2 aromatic heterocycles. The highest BCUT2D eigenvalue weighted by Gasteiger charge is 2.27. The number of rotatable bonds is 6. The monoisotopic (exact) mass is 620 g/mol. The SMILES string of the molecule is CNC(=O)c1c(-c2ccc(F)cc2)oc2cc(N(C)S(C)(=O)=O)c(-c3cc(F)cc(-c4cc5c(o4)CC(C)C(F)=C5)c3)cc12. The lowest BCUT2D eigenvalue weighted by Crippen LogP contribution is -2.25. The van der Waals surface area contributed by atoms with Gasteiger partial charge in [-0.3, -0.25) is 9.10 Å². The number of furan rings is 2. The maximum absolute atomic E-state index is 15.2. The Morgan fingerprint density at radius 2 is 1.64 bits per heavy atom. The number of halogens is 3. The van der Waals surface area contributed by atoms with E-state index in [0.29, 0.717) is 51.1 Å². The van der Waals surface area contributed by atoms with Crippen LogP contribution in [0.25, 0.3) is 50.8 Å². The fraction of sp³-hybridized carbons (Fsp3) is 0.182. The number of anilines is 1. The van der Waals surface area contributed by atoms with Crippen LogP contribution in [0.1, 0.15) is 28.6 Å². The van der Waals surface area contributed by atoms with Gasteiger partial charge in [0.1, 0.15) is 40.3 Å². The van der Waals surface area contributed by atoms with E-state index in [9.17, 15) is 22.0 Å². The van der Waals surface area contributed by atoms with Gasteiger partial charge in [-0.25, -0.2) is 21.6 Å². The normalized spacial score (nSPS) is 14.8. The second-order valence-electron chi connectivity index (χ2n) is 10.8. The van der Waals surface area contributed by atoms with Crippen LogP contribution >= 0.6 is 0 Å². The third kappa shape index (κ3) is 5.17. The van der Waals surface area contributed by atoms with Crippen molar-refractivity contribution in [2.75, 3.05) is 24.7 Å². The van der Waals surface area contributed by atoms with E-state index in [0.717, 1.165) is 10.6 Å². The summed E-state index contributed by atoms with van der Waals surface area (Å²) in [5.41, 5.74) is 2.44. The van der Waals surface area contributed by atoms with Gasteiger partial charge in [-0.2, -0.15) is 0 Å². The molecule has 1 atom stereocenters. The van der Waals surface area contributed by atoms with Gasteiger partial charge in [-0.15, -0.1) is 0 Å². The van der Waals surface area contributed by atoms with Gasteiger partial charge < -0.3 is 14.2 Å². The zero-order chi connectivity index (χ0) is 31.5. The summed E-state index contributed by atoms with van der Waals surface area (Å²) >= 11 is 0. The summed E-state index contributed by atoms with van der Waals surface area (Å²) in [6.45, 7) is 1.75. The van der Waals surface area contributed by atoms with E-state index >= 15 is 4.39 Å². The van der Waals surface area contributed by atoms with Crippen molar-refractivity contribution in [3.05, 3.63) is 95.0 Å². The molecule has 44 heavy (non-hydrogen) atoms. The molecule has 0 spiro atoms. The van der Waals surface area contributed by atoms with Crippen molar-refractivity contribution in [1.82, 2.24) is 5.32 Å². The molecule has 1 aliphatic rings. The second-order valence-corrected chi connectivity index (χ2v) is 12.9. The van der Waals surface area contributed by atoms with Crippen molar-refractivity contribution in [2.24, 2.45) is 5.92 Å². The van der Waals surface area contributed by atoms with E-state index in [-0.39, 0.29) is 34.3 Å². The summed E-state index contributed by atoms with van der Waals surface area (Å²) in [4.78, 5) is 13.2. The molecule has 3 aromatic carbocycles. The Kier molecular flexibility index (Phi) is 7.16. The minimum absolute atomic E-state index is 0.141. The lowest BCUT2D eigenvalue weighted by atomic mass is 9.95. The Morgan fingerprint density at radius 1 is 0.932 bits per heavy atom. The predicted molar refractivity (Wildman–Crippen MR) is 163 cm³/mol. The van der Waals surface area contributed by atoms with Crippen LogP contribution < -0.4 is 9.62 Å². The second kappa shape index (κ2) is 10.7. The van der Waals surface area contributed by atoms with Gasteiger partial charge in [-0.1, -0.05) is 6.92 Å². The van der Waals surface area contributed by atoms with Crippen LogP contribution in [0.15, 0.2) is 75.3 Å². The Morgan fingerprint density at radius 3 is 2.32 bits per heavy atom. The van der Waals surface area contributed by atoms with Crippen LogP contribution in [0, 0.1) is 17.6 Å². The van der Waals surface area contributed by atoms with Crippen LogP contribution in [0.5, 0.6) is 0 Å². The molecular weight excluding hydrogens is 593 g/mol. The average Bonchev–Trinajstić information content (AvgIpc) is 3.56. The van der Waals surface area contributed by atoms with Gasteiger partial charge in [0.15, 0.2) is 0 Å². The molecule has 6 rings (SSSR count). The molecular formula is C33H27F3N2O5S. The summed E-state index contributed by atoms with van der Waals surface area (Å²) in [7, 11) is -1.00. The van der Waals surface area contributed by atoms with Crippen molar-refractivity contribution in [1.29, 1.82) is 0 Å². The standard InChI is InChI=1S/C33H27F3N2O5S/c1-17-9-28-21(13-26(17)36)14-29(42-28)20-10-19(11-23(35)12-20)24-15-25-30(16-27(24)38(3)44(4,40)41)43-32(31(25)33(39)37-2)18-5-7-22(34)8-6-18/h5-8,10-17H,9H2,1-4H3,(H,37,39). The van der Waals surface area contributed by atoms with E-state index in [1.54, 1.807) is 25.1 Å². The van der Waals surface area contributed by atoms with Gasteiger partial charge >= 0.3 is 0 Å². The van der Waals surface area contributed by atoms with E-state index in [4.69, 9.17) is 8.83 Å². The molecule has 1 unspecified atom stereocenters. The number of carbonyl (C=O) groups excluding carboxylic acids is 1. The molecule has 0 saturated carbocycles. The molecule has 0 aliphatic heterocycles. The van der Waals surface area contributed by atoms with E-state index < -0.39 is 27.6 Å². The molecule has 2 heterocycles. The molecule has 226 valence electrons. The highest BCUT2D eigenvalue weighted by Crippen LogP contribution is 2.43. The predicted octanol–water partition coefficient (Wildman–Crippen LogP) is 7.56. The maximum atomic E-state index is 15.2. The summed E-state index contributed by atoms with van der Waals surface area (Å²) in [5.74, 6) is -1.13. The molecule has 1 amide bonds. The number of allylic oxidation sites excluding steroid dienone is 1. The number of nitrogens with one attached hydrogen (secondary N) is 1. The van der Waals surface area contributed by atoms with Crippen molar-refractivity contribution in [2.45, 2.75) is 13.3 Å².